The van der Waals surface area contributed by atoms with Crippen molar-refractivity contribution in [3.63, 3.8) is 0 Å². The smallest absolute Gasteiger partial charge is 0.217 e. The Balaban J connectivity index is 3.38. The molecule has 1 amide bonds. The molecular formula is C12H27N3O2. The van der Waals surface area contributed by atoms with Crippen LogP contribution in [0.1, 0.15) is 33.1 Å². The number of nitrogens with one attached hydrogen (secondary N) is 1. The third-order valence-corrected chi connectivity index (χ3v) is 2.77. The maximum absolute atomic E-state index is 10.5. The molecule has 0 heterocycles. The van der Waals surface area contributed by atoms with Gasteiger partial charge in [0, 0.05) is 19.5 Å². The molecule has 0 fully saturated rings. The van der Waals surface area contributed by atoms with Gasteiger partial charge in [-0.15, -0.1) is 0 Å². The molecule has 1 atom stereocenters. The van der Waals surface area contributed by atoms with Gasteiger partial charge in [-0.05, 0) is 32.5 Å². The van der Waals surface area contributed by atoms with Crippen molar-refractivity contribution < 1.29 is 9.90 Å². The van der Waals surface area contributed by atoms with Gasteiger partial charge in [0.15, 0.2) is 0 Å². The van der Waals surface area contributed by atoms with Crippen LogP contribution in [0.5, 0.6) is 0 Å². The van der Waals surface area contributed by atoms with Crippen molar-refractivity contribution in [2.24, 2.45) is 5.73 Å². The summed E-state index contributed by atoms with van der Waals surface area (Å²) in [6.45, 7) is 8.25. The molecular weight excluding hydrogens is 218 g/mol. The van der Waals surface area contributed by atoms with E-state index in [1.165, 1.54) is 0 Å². The van der Waals surface area contributed by atoms with Crippen LogP contribution in [0, 0.1) is 0 Å². The molecule has 0 saturated heterocycles. The minimum atomic E-state index is -0.328. The van der Waals surface area contributed by atoms with E-state index in [1.54, 1.807) is 0 Å². The maximum atomic E-state index is 10.5. The molecule has 5 nitrogen and oxygen atoms in total. The van der Waals surface area contributed by atoms with Crippen LogP contribution in [0.4, 0.5) is 0 Å². The zero-order valence-corrected chi connectivity index (χ0v) is 11.1. The highest BCUT2D eigenvalue weighted by Crippen LogP contribution is 1.94. The zero-order valence-electron chi connectivity index (χ0n) is 11.1. The third kappa shape index (κ3) is 10.2. The summed E-state index contributed by atoms with van der Waals surface area (Å²) in [4.78, 5) is 12.7. The second-order valence-corrected chi connectivity index (χ2v) is 4.27. The van der Waals surface area contributed by atoms with E-state index in [4.69, 9.17) is 5.73 Å². The monoisotopic (exact) mass is 245 g/mol. The van der Waals surface area contributed by atoms with E-state index in [2.05, 4.69) is 24.1 Å². The molecule has 0 aromatic carbocycles. The van der Waals surface area contributed by atoms with E-state index in [-0.39, 0.29) is 12.0 Å². The number of aliphatic hydroxyl groups is 1. The average molecular weight is 245 g/mol. The highest BCUT2D eigenvalue weighted by Gasteiger charge is 2.07. The molecule has 4 N–H and O–H groups in total. The maximum Gasteiger partial charge on any atom is 0.217 e. The van der Waals surface area contributed by atoms with Crippen molar-refractivity contribution in [2.75, 3.05) is 32.7 Å². The van der Waals surface area contributed by atoms with Crippen molar-refractivity contribution >= 4 is 5.91 Å². The lowest BCUT2D eigenvalue weighted by molar-refractivity contribution is -0.118. The highest BCUT2D eigenvalue weighted by atomic mass is 16.3. The van der Waals surface area contributed by atoms with Crippen LogP contribution in [-0.2, 0) is 4.79 Å². The summed E-state index contributed by atoms with van der Waals surface area (Å²) >= 11 is 0. The molecule has 0 aliphatic carbocycles. The molecule has 5 heteroatoms. The zero-order chi connectivity index (χ0) is 13.1. The molecule has 0 aromatic rings. The minimum Gasteiger partial charge on any atom is -0.390 e. The Hall–Kier alpha value is -0.650. The quantitative estimate of drug-likeness (QED) is 0.445. The van der Waals surface area contributed by atoms with Crippen LogP contribution in [-0.4, -0.2) is 54.7 Å². The Bertz CT molecular complexity index is 196. The second-order valence-electron chi connectivity index (χ2n) is 4.27. The molecule has 0 aromatic heterocycles. The van der Waals surface area contributed by atoms with E-state index in [1.807, 2.05) is 0 Å². The molecule has 0 spiro atoms. The van der Waals surface area contributed by atoms with Crippen molar-refractivity contribution in [3.8, 4) is 0 Å². The fraction of sp³-hybridized carbons (Fsp3) is 0.917. The number of aliphatic hydroxyl groups excluding tert-OH is 1. The molecule has 0 aliphatic heterocycles. The van der Waals surface area contributed by atoms with E-state index < -0.39 is 0 Å². The molecule has 0 bridgehead atoms. The fourth-order valence-electron chi connectivity index (χ4n) is 1.66. The van der Waals surface area contributed by atoms with Crippen LogP contribution in [0.25, 0.3) is 0 Å². The minimum absolute atomic E-state index is 0.244. The molecule has 0 rings (SSSR count). The number of nitrogens with zero attached hydrogens (tertiary/aromatic N) is 1. The molecule has 17 heavy (non-hydrogen) atoms. The van der Waals surface area contributed by atoms with Crippen LogP contribution >= 0.6 is 0 Å². The Morgan fingerprint density at radius 1 is 1.35 bits per heavy atom. The first-order valence-electron chi connectivity index (χ1n) is 6.49. The predicted molar refractivity (Wildman–Crippen MR) is 69.7 cm³/mol. The number of hydrogen-bond acceptors (Lipinski definition) is 4. The highest BCUT2D eigenvalue weighted by molar-refractivity contribution is 5.73. The normalized spacial score (nSPS) is 12.9. The predicted octanol–water partition coefficient (Wildman–Crippen LogP) is -0.0657. The van der Waals surface area contributed by atoms with Gasteiger partial charge in [0.05, 0.1) is 6.10 Å². The van der Waals surface area contributed by atoms with E-state index >= 15 is 0 Å². The lowest BCUT2D eigenvalue weighted by atomic mass is 10.2. The average Bonchev–Trinajstić information content (AvgIpc) is 2.30. The summed E-state index contributed by atoms with van der Waals surface area (Å²) in [5.41, 5.74) is 5.04. The number of amides is 1. The first-order valence-corrected chi connectivity index (χ1v) is 6.49. The summed E-state index contributed by atoms with van der Waals surface area (Å²) in [6, 6.07) is 0. The van der Waals surface area contributed by atoms with Gasteiger partial charge < -0.3 is 21.1 Å². The standard InChI is InChI=1S/C12H27N3O2/c1-3-15(4-2)10-11(16)9-14-8-6-5-7-12(13)17/h11,14,16H,3-10H2,1-2H3,(H2,13,17). The summed E-state index contributed by atoms with van der Waals surface area (Å²) in [7, 11) is 0. The topological polar surface area (TPSA) is 78.6 Å². The van der Waals surface area contributed by atoms with Crippen LogP contribution in [0.3, 0.4) is 0 Å². The van der Waals surface area contributed by atoms with Crippen molar-refractivity contribution in [3.05, 3.63) is 0 Å². The van der Waals surface area contributed by atoms with Gasteiger partial charge in [-0.2, -0.15) is 0 Å². The lowest BCUT2D eigenvalue weighted by Gasteiger charge is -2.22. The Morgan fingerprint density at radius 2 is 2.00 bits per heavy atom. The summed E-state index contributed by atoms with van der Waals surface area (Å²) < 4.78 is 0. The molecule has 0 radical (unpaired) electrons. The van der Waals surface area contributed by atoms with E-state index in [0.717, 1.165) is 32.5 Å². The molecule has 1 unspecified atom stereocenters. The van der Waals surface area contributed by atoms with Crippen LogP contribution < -0.4 is 11.1 Å². The number of rotatable bonds is 11. The van der Waals surface area contributed by atoms with Gasteiger partial charge in [-0.25, -0.2) is 0 Å². The Kier molecular flexibility index (Phi) is 10.1. The largest absolute Gasteiger partial charge is 0.390 e. The Labute approximate surface area is 104 Å². The van der Waals surface area contributed by atoms with E-state index in [9.17, 15) is 9.90 Å². The number of unbranched alkanes of at least 4 members (excludes halogenated alkanes) is 1. The van der Waals surface area contributed by atoms with Gasteiger partial charge >= 0.3 is 0 Å². The van der Waals surface area contributed by atoms with Crippen molar-refractivity contribution in [1.29, 1.82) is 0 Å². The summed E-state index contributed by atoms with van der Waals surface area (Å²) in [5, 5.41) is 12.9. The van der Waals surface area contributed by atoms with Gasteiger partial charge in [0.1, 0.15) is 0 Å². The van der Waals surface area contributed by atoms with E-state index in [0.29, 0.717) is 19.5 Å². The lowest BCUT2D eigenvalue weighted by Crippen LogP contribution is -2.38. The molecule has 0 aliphatic rings. The van der Waals surface area contributed by atoms with Gasteiger partial charge in [-0.3, -0.25) is 4.79 Å². The number of hydrogen-bond donors (Lipinski definition) is 3. The first kappa shape index (κ1) is 16.4. The van der Waals surface area contributed by atoms with Crippen molar-refractivity contribution in [1.82, 2.24) is 10.2 Å². The number of nitrogens with two attached hydrogens (primary N) is 1. The van der Waals surface area contributed by atoms with Gasteiger partial charge in [0.2, 0.25) is 5.91 Å². The van der Waals surface area contributed by atoms with Crippen LogP contribution in [0.15, 0.2) is 0 Å². The number of carbonyl (C=O) groups is 1. The summed E-state index contributed by atoms with van der Waals surface area (Å²) in [6.07, 6.45) is 1.85. The SMILES string of the molecule is CCN(CC)CC(O)CNCCCCC(N)=O. The van der Waals surface area contributed by atoms with Crippen molar-refractivity contribution in [2.45, 2.75) is 39.2 Å². The fourth-order valence-corrected chi connectivity index (χ4v) is 1.66. The van der Waals surface area contributed by atoms with Crippen LogP contribution in [0.2, 0.25) is 0 Å². The number of primary amides is 1. The Morgan fingerprint density at radius 3 is 2.53 bits per heavy atom. The first-order chi connectivity index (χ1) is 8.10. The number of likely N-dealkylation sites (N-methyl/N-ethyl adjacent to an activating group) is 1. The van der Waals surface area contributed by atoms with Gasteiger partial charge in [-0.1, -0.05) is 13.8 Å². The molecule has 0 saturated carbocycles. The summed E-state index contributed by atoms with van der Waals surface area (Å²) in [5.74, 6) is -0.244. The molecule has 102 valence electrons. The third-order valence-electron chi connectivity index (χ3n) is 2.77. The number of carbonyl (C=O) groups excluding carboxylic acids is 1. The van der Waals surface area contributed by atoms with Gasteiger partial charge in [0.25, 0.3) is 0 Å². The second kappa shape index (κ2) is 10.5.